The molecule has 42 heavy (non-hydrogen) atoms. The molecule has 0 bridgehead atoms. The highest BCUT2D eigenvalue weighted by molar-refractivity contribution is 5.85. The Morgan fingerprint density at radius 1 is 0.786 bits per heavy atom. The maximum atomic E-state index is 11.3. The minimum absolute atomic E-state index is 0.0103. The Labute approximate surface area is 246 Å². The molecule has 0 saturated carbocycles. The third-order valence-electron chi connectivity index (χ3n) is 6.42. The molecule has 0 spiro atoms. The van der Waals surface area contributed by atoms with E-state index in [0.29, 0.717) is 110 Å². The molecule has 2 aromatic rings. The number of nitrogens with zero attached hydrogens (tertiary/aromatic N) is 4. The Balaban J connectivity index is 1.59. The first-order chi connectivity index (χ1) is 20.4. The highest BCUT2D eigenvalue weighted by Gasteiger charge is 2.15. The number of aromatic nitrogens is 2. The second-order valence-corrected chi connectivity index (χ2v) is 9.64. The summed E-state index contributed by atoms with van der Waals surface area (Å²) in [6.45, 7) is 9.18. The smallest absolute Gasteiger partial charge is 0.354 e. The van der Waals surface area contributed by atoms with E-state index in [1.807, 2.05) is 13.0 Å². The van der Waals surface area contributed by atoms with E-state index in [0.717, 1.165) is 0 Å². The molecule has 2 aromatic heterocycles. The highest BCUT2D eigenvalue weighted by atomic mass is 16.6. The van der Waals surface area contributed by atoms with Gasteiger partial charge in [-0.05, 0) is 31.2 Å². The molecule has 0 aromatic carbocycles. The third kappa shape index (κ3) is 12.9. The number of aromatic carboxylic acids is 2. The number of hydrogen-bond donors (Lipinski definition) is 2. The standard InChI is InChI=1S/C29H42N4O9/c1-2-38-21-25-22-41-15-11-32(19-23-5-3-7-26(30-23)28(34)35)9-13-39-17-18-40-14-10-33(12-16-42-25)20-24-6-4-8-27(31-24)29(36)37/h3-8,25H,2,9-22H2,1H3,(H,34,35)(H,36,37)/t25-/m0/s1. The lowest BCUT2D eigenvalue weighted by molar-refractivity contribution is -0.0668. The number of carbonyl (C=O) groups is 2. The molecule has 1 fully saturated rings. The summed E-state index contributed by atoms with van der Waals surface area (Å²) in [5, 5.41) is 18.6. The molecule has 0 aliphatic carbocycles. The number of hydrogen-bond acceptors (Lipinski definition) is 11. The molecule has 0 amide bonds. The van der Waals surface area contributed by atoms with Crippen LogP contribution in [0.2, 0.25) is 0 Å². The van der Waals surface area contributed by atoms with E-state index in [9.17, 15) is 19.8 Å². The molecule has 232 valence electrons. The molecule has 3 rings (SSSR count). The van der Waals surface area contributed by atoms with E-state index in [-0.39, 0.29) is 17.5 Å². The van der Waals surface area contributed by atoms with Crippen LogP contribution >= 0.6 is 0 Å². The number of rotatable bonds is 9. The van der Waals surface area contributed by atoms with E-state index in [1.165, 1.54) is 12.1 Å². The zero-order valence-corrected chi connectivity index (χ0v) is 24.2. The molecular formula is C29H42N4O9. The Morgan fingerprint density at radius 3 is 1.79 bits per heavy atom. The molecule has 3 heterocycles. The summed E-state index contributed by atoms with van der Waals surface area (Å²) in [6, 6.07) is 9.95. The Hall–Kier alpha value is -3.04. The van der Waals surface area contributed by atoms with Crippen LogP contribution in [0.5, 0.6) is 0 Å². The quantitative estimate of drug-likeness (QED) is 0.436. The second kappa shape index (κ2) is 19.2. The summed E-state index contributed by atoms with van der Waals surface area (Å²) in [4.78, 5) is 35.4. The van der Waals surface area contributed by atoms with Crippen LogP contribution < -0.4 is 0 Å². The topological polar surface area (TPSA) is 153 Å². The van der Waals surface area contributed by atoms with Crippen LogP contribution in [0.1, 0.15) is 39.3 Å². The SMILES string of the molecule is CCOC[C@H]1COCCN(Cc2cccc(C(=O)O)n2)CCOCCOCCN(Cc2cccc(C(=O)O)n2)CCO1. The summed E-state index contributed by atoms with van der Waals surface area (Å²) in [5.74, 6) is -2.12. The molecule has 1 aliphatic rings. The summed E-state index contributed by atoms with van der Waals surface area (Å²) in [5.41, 5.74) is 1.34. The summed E-state index contributed by atoms with van der Waals surface area (Å²) in [6.07, 6.45) is -0.263. The van der Waals surface area contributed by atoms with E-state index in [4.69, 9.17) is 23.7 Å². The van der Waals surface area contributed by atoms with Gasteiger partial charge in [0.25, 0.3) is 0 Å². The molecule has 1 aliphatic heterocycles. The maximum Gasteiger partial charge on any atom is 0.354 e. The normalized spacial score (nSPS) is 19.5. The van der Waals surface area contributed by atoms with Gasteiger partial charge in [0.2, 0.25) is 0 Å². The van der Waals surface area contributed by atoms with Crippen molar-refractivity contribution in [2.24, 2.45) is 0 Å². The minimum Gasteiger partial charge on any atom is -0.477 e. The van der Waals surface area contributed by atoms with Crippen molar-refractivity contribution in [3.8, 4) is 0 Å². The van der Waals surface area contributed by atoms with Crippen molar-refractivity contribution in [3.63, 3.8) is 0 Å². The van der Waals surface area contributed by atoms with Gasteiger partial charge < -0.3 is 33.9 Å². The van der Waals surface area contributed by atoms with Gasteiger partial charge in [-0.1, -0.05) is 12.1 Å². The van der Waals surface area contributed by atoms with Crippen molar-refractivity contribution in [3.05, 3.63) is 59.2 Å². The van der Waals surface area contributed by atoms with Crippen LogP contribution in [0.15, 0.2) is 36.4 Å². The zero-order valence-electron chi connectivity index (χ0n) is 24.2. The van der Waals surface area contributed by atoms with E-state index in [2.05, 4.69) is 19.8 Å². The minimum atomic E-state index is -1.06. The van der Waals surface area contributed by atoms with Crippen LogP contribution in [-0.2, 0) is 36.8 Å². The van der Waals surface area contributed by atoms with Crippen LogP contribution in [0.4, 0.5) is 0 Å². The Bertz CT molecular complexity index is 1090. The lowest BCUT2D eigenvalue weighted by Gasteiger charge is -2.25. The van der Waals surface area contributed by atoms with Gasteiger partial charge in [0.15, 0.2) is 0 Å². The maximum absolute atomic E-state index is 11.3. The fourth-order valence-corrected chi connectivity index (χ4v) is 4.23. The van der Waals surface area contributed by atoms with Gasteiger partial charge in [-0.15, -0.1) is 0 Å². The lowest BCUT2D eigenvalue weighted by Crippen LogP contribution is -2.35. The molecule has 2 N–H and O–H groups in total. The van der Waals surface area contributed by atoms with Crippen LogP contribution in [0.25, 0.3) is 0 Å². The molecule has 13 heteroatoms. The second-order valence-electron chi connectivity index (χ2n) is 9.64. The van der Waals surface area contributed by atoms with Crippen molar-refractivity contribution in [2.45, 2.75) is 26.1 Å². The molecule has 0 radical (unpaired) electrons. The highest BCUT2D eigenvalue weighted by Crippen LogP contribution is 2.07. The first kappa shape index (κ1) is 33.5. The fourth-order valence-electron chi connectivity index (χ4n) is 4.23. The molecular weight excluding hydrogens is 548 g/mol. The van der Waals surface area contributed by atoms with Crippen molar-refractivity contribution in [1.82, 2.24) is 19.8 Å². The third-order valence-corrected chi connectivity index (χ3v) is 6.42. The summed E-state index contributed by atoms with van der Waals surface area (Å²) < 4.78 is 29.3. The van der Waals surface area contributed by atoms with Crippen molar-refractivity contribution < 1.29 is 43.5 Å². The zero-order chi connectivity index (χ0) is 30.0. The molecule has 1 atom stereocenters. The van der Waals surface area contributed by atoms with E-state index in [1.54, 1.807) is 18.2 Å². The van der Waals surface area contributed by atoms with Crippen LogP contribution in [0.3, 0.4) is 0 Å². The van der Waals surface area contributed by atoms with E-state index >= 15 is 0 Å². The number of carboxylic acid groups (broad SMARTS) is 2. The summed E-state index contributed by atoms with van der Waals surface area (Å²) >= 11 is 0. The first-order valence-corrected chi connectivity index (χ1v) is 14.2. The Kier molecular flexibility index (Phi) is 15.3. The number of pyridine rings is 2. The average molecular weight is 591 g/mol. The van der Waals surface area contributed by atoms with Crippen molar-refractivity contribution >= 4 is 11.9 Å². The molecule has 13 nitrogen and oxygen atoms in total. The Morgan fingerprint density at radius 2 is 1.29 bits per heavy atom. The first-order valence-electron chi connectivity index (χ1n) is 14.2. The predicted octanol–water partition coefficient (Wildman–Crippen LogP) is 1.66. The van der Waals surface area contributed by atoms with Crippen molar-refractivity contribution in [1.29, 1.82) is 0 Å². The van der Waals surface area contributed by atoms with E-state index < -0.39 is 11.9 Å². The van der Waals surface area contributed by atoms with Crippen LogP contribution in [0, 0.1) is 0 Å². The van der Waals surface area contributed by atoms with Crippen LogP contribution in [-0.4, -0.2) is 134 Å². The molecule has 0 unspecified atom stereocenters. The summed E-state index contributed by atoms with van der Waals surface area (Å²) in [7, 11) is 0. The van der Waals surface area contributed by atoms with Gasteiger partial charge >= 0.3 is 11.9 Å². The monoisotopic (exact) mass is 590 g/mol. The van der Waals surface area contributed by atoms with Gasteiger partial charge in [0.1, 0.15) is 17.5 Å². The van der Waals surface area contributed by atoms with Crippen molar-refractivity contribution in [2.75, 3.05) is 85.6 Å². The predicted molar refractivity (Wildman–Crippen MR) is 152 cm³/mol. The largest absolute Gasteiger partial charge is 0.477 e. The van der Waals surface area contributed by atoms with Gasteiger partial charge in [0, 0.05) is 45.9 Å². The number of carboxylic acids is 2. The average Bonchev–Trinajstić information content (AvgIpc) is 2.98. The molecule has 1 saturated heterocycles. The van der Waals surface area contributed by atoms with Gasteiger partial charge in [0.05, 0.1) is 64.2 Å². The van der Waals surface area contributed by atoms with Gasteiger partial charge in [-0.2, -0.15) is 0 Å². The van der Waals surface area contributed by atoms with Gasteiger partial charge in [-0.3, -0.25) is 9.80 Å². The van der Waals surface area contributed by atoms with Gasteiger partial charge in [-0.25, -0.2) is 19.6 Å². The lowest BCUT2D eigenvalue weighted by atomic mass is 10.3. The number of ether oxygens (including phenoxy) is 5. The fraction of sp³-hybridized carbons (Fsp3) is 0.586.